The number of ether oxygens (including phenoxy) is 2. The van der Waals surface area contributed by atoms with Crippen molar-refractivity contribution in [1.82, 2.24) is 34.6 Å². The molecule has 1 atom stereocenters. The van der Waals surface area contributed by atoms with E-state index >= 15 is 4.39 Å². The van der Waals surface area contributed by atoms with Crippen LogP contribution in [0.2, 0.25) is 5.02 Å². The van der Waals surface area contributed by atoms with E-state index in [-0.39, 0.29) is 16.8 Å². The Morgan fingerprint density at radius 3 is 2.81 bits per heavy atom. The molecule has 0 fully saturated rings. The SMILES string of the molecule is COCCNC(C)c1nnc(-c2c(-n3ccnc3)c3cc(OC)c(Cl)c(F)c3n2C)[nH]1. The zero-order valence-corrected chi connectivity index (χ0v) is 18.4. The van der Waals surface area contributed by atoms with E-state index in [2.05, 4.69) is 25.5 Å². The molecule has 11 heteroatoms. The maximum atomic E-state index is 15.2. The Morgan fingerprint density at radius 1 is 1.32 bits per heavy atom. The number of halogens is 2. The van der Waals surface area contributed by atoms with Gasteiger partial charge >= 0.3 is 0 Å². The van der Waals surface area contributed by atoms with Crippen LogP contribution in [-0.4, -0.2) is 56.7 Å². The summed E-state index contributed by atoms with van der Waals surface area (Å²) in [6.45, 7) is 3.23. The molecular weight excluding hydrogens is 425 g/mol. The van der Waals surface area contributed by atoms with Gasteiger partial charge in [-0.3, -0.25) is 0 Å². The second-order valence-electron chi connectivity index (χ2n) is 7.06. The van der Waals surface area contributed by atoms with Crippen molar-refractivity contribution in [3.05, 3.63) is 41.5 Å². The first kappa shape index (κ1) is 21.3. The summed E-state index contributed by atoms with van der Waals surface area (Å²) in [5, 5.41) is 12.5. The third-order valence-corrected chi connectivity index (χ3v) is 5.53. The first-order valence-electron chi connectivity index (χ1n) is 9.65. The fraction of sp³-hybridized carbons (Fsp3) is 0.350. The molecule has 1 aromatic carbocycles. The highest BCUT2D eigenvalue weighted by Gasteiger charge is 2.26. The highest BCUT2D eigenvalue weighted by atomic mass is 35.5. The minimum atomic E-state index is -0.569. The average Bonchev–Trinajstić information content (AvgIpc) is 3.50. The highest BCUT2D eigenvalue weighted by Crippen LogP contribution is 2.41. The fourth-order valence-corrected chi connectivity index (χ4v) is 3.84. The molecule has 1 unspecified atom stereocenters. The van der Waals surface area contributed by atoms with E-state index in [0.29, 0.717) is 47.1 Å². The number of aromatic nitrogens is 6. The quantitative estimate of drug-likeness (QED) is 0.403. The van der Waals surface area contributed by atoms with Gasteiger partial charge in [-0.05, 0) is 13.0 Å². The topological polar surface area (TPSA) is 94.8 Å². The van der Waals surface area contributed by atoms with Gasteiger partial charge in [0.2, 0.25) is 0 Å². The predicted molar refractivity (Wildman–Crippen MR) is 115 cm³/mol. The first-order valence-corrected chi connectivity index (χ1v) is 10.0. The second-order valence-corrected chi connectivity index (χ2v) is 7.43. The number of fused-ring (bicyclic) bond motifs is 1. The number of H-pyrrole nitrogens is 1. The molecule has 0 radical (unpaired) electrons. The number of nitrogens with zero attached hydrogens (tertiary/aromatic N) is 5. The fourth-order valence-electron chi connectivity index (χ4n) is 3.62. The molecule has 0 saturated heterocycles. The van der Waals surface area contributed by atoms with Crippen LogP contribution in [0.25, 0.3) is 28.1 Å². The van der Waals surface area contributed by atoms with Crippen molar-refractivity contribution in [2.75, 3.05) is 27.4 Å². The number of rotatable bonds is 8. The number of aromatic amines is 1. The normalized spacial score (nSPS) is 12.6. The molecule has 164 valence electrons. The summed E-state index contributed by atoms with van der Waals surface area (Å²) in [5.74, 6) is 0.830. The standard InChI is InChI=1S/C20H23ClFN7O2/c1-11(24-6-8-30-3)19-25-20(27-26-19)18-17(29-7-5-23-10-29)12-9-13(31-4)14(21)15(22)16(12)28(18)2/h5,7,9-11,24H,6,8H2,1-4H3,(H,25,26,27). The minimum Gasteiger partial charge on any atom is -0.495 e. The summed E-state index contributed by atoms with van der Waals surface area (Å²) in [6.07, 6.45) is 5.08. The van der Waals surface area contributed by atoms with Crippen LogP contribution in [0.3, 0.4) is 0 Å². The lowest BCUT2D eigenvalue weighted by Crippen LogP contribution is -2.23. The molecular formula is C20H23ClFN7O2. The number of nitrogens with one attached hydrogen (secondary N) is 2. The van der Waals surface area contributed by atoms with Crippen LogP contribution in [0.4, 0.5) is 4.39 Å². The molecule has 3 aromatic heterocycles. The van der Waals surface area contributed by atoms with Crippen LogP contribution < -0.4 is 10.1 Å². The molecule has 0 bridgehead atoms. The summed E-state index contributed by atoms with van der Waals surface area (Å²) in [7, 11) is 4.86. The van der Waals surface area contributed by atoms with Crippen LogP contribution in [-0.2, 0) is 11.8 Å². The van der Waals surface area contributed by atoms with Gasteiger partial charge in [0.25, 0.3) is 0 Å². The molecule has 2 N–H and O–H groups in total. The van der Waals surface area contributed by atoms with Gasteiger partial charge in [0.15, 0.2) is 11.6 Å². The Bertz CT molecular complexity index is 1200. The van der Waals surface area contributed by atoms with Gasteiger partial charge in [-0.1, -0.05) is 11.6 Å². The third-order valence-electron chi connectivity index (χ3n) is 5.18. The predicted octanol–water partition coefficient (Wildman–Crippen LogP) is 3.25. The Kier molecular flexibility index (Phi) is 5.94. The molecule has 0 saturated carbocycles. The molecule has 31 heavy (non-hydrogen) atoms. The lowest BCUT2D eigenvalue weighted by atomic mass is 10.2. The molecule has 4 aromatic rings. The molecule has 0 amide bonds. The summed E-state index contributed by atoms with van der Waals surface area (Å²) in [5.41, 5.74) is 1.65. The van der Waals surface area contributed by atoms with Gasteiger partial charge in [0.1, 0.15) is 22.3 Å². The van der Waals surface area contributed by atoms with Crippen molar-refractivity contribution in [1.29, 1.82) is 0 Å². The largest absolute Gasteiger partial charge is 0.495 e. The average molecular weight is 448 g/mol. The van der Waals surface area contributed by atoms with Crippen molar-refractivity contribution in [2.45, 2.75) is 13.0 Å². The zero-order valence-electron chi connectivity index (χ0n) is 17.6. The minimum absolute atomic E-state index is 0.0749. The van der Waals surface area contributed by atoms with Crippen molar-refractivity contribution in [2.24, 2.45) is 7.05 Å². The maximum Gasteiger partial charge on any atom is 0.180 e. The molecule has 0 aliphatic carbocycles. The van der Waals surface area contributed by atoms with E-state index in [1.807, 2.05) is 6.92 Å². The first-order chi connectivity index (χ1) is 15.0. The van der Waals surface area contributed by atoms with E-state index in [1.165, 1.54) is 7.11 Å². The Morgan fingerprint density at radius 2 is 2.13 bits per heavy atom. The Labute approximate surface area is 183 Å². The van der Waals surface area contributed by atoms with E-state index in [0.717, 1.165) is 0 Å². The maximum absolute atomic E-state index is 15.2. The number of aryl methyl sites for hydroxylation is 1. The molecule has 0 spiro atoms. The van der Waals surface area contributed by atoms with E-state index in [1.54, 1.807) is 48.1 Å². The summed E-state index contributed by atoms with van der Waals surface area (Å²) in [4.78, 5) is 7.40. The van der Waals surface area contributed by atoms with Gasteiger partial charge in [-0.2, -0.15) is 0 Å². The monoisotopic (exact) mass is 447 g/mol. The molecule has 0 aliphatic rings. The summed E-state index contributed by atoms with van der Waals surface area (Å²) in [6, 6.07) is 1.64. The summed E-state index contributed by atoms with van der Waals surface area (Å²) >= 11 is 6.20. The van der Waals surface area contributed by atoms with Crippen LogP contribution in [0.5, 0.6) is 5.75 Å². The van der Waals surface area contributed by atoms with Crippen molar-refractivity contribution in [3.63, 3.8) is 0 Å². The third kappa shape index (κ3) is 3.67. The van der Waals surface area contributed by atoms with E-state index in [4.69, 9.17) is 21.1 Å². The van der Waals surface area contributed by atoms with Crippen molar-refractivity contribution in [3.8, 4) is 23.0 Å². The number of hydrogen-bond acceptors (Lipinski definition) is 6. The van der Waals surface area contributed by atoms with Crippen molar-refractivity contribution < 1.29 is 13.9 Å². The lowest BCUT2D eigenvalue weighted by Gasteiger charge is -2.10. The zero-order chi connectivity index (χ0) is 22.1. The molecule has 4 rings (SSSR count). The van der Waals surface area contributed by atoms with Gasteiger partial charge < -0.3 is 28.9 Å². The lowest BCUT2D eigenvalue weighted by molar-refractivity contribution is 0.196. The van der Waals surface area contributed by atoms with Crippen LogP contribution >= 0.6 is 11.6 Å². The number of methoxy groups -OCH3 is 2. The van der Waals surface area contributed by atoms with E-state index in [9.17, 15) is 0 Å². The summed E-state index contributed by atoms with van der Waals surface area (Å²) < 4.78 is 29.1. The molecule has 3 heterocycles. The molecule has 9 nitrogen and oxygen atoms in total. The van der Waals surface area contributed by atoms with Gasteiger partial charge in [-0.25, -0.2) is 9.37 Å². The number of benzene rings is 1. The van der Waals surface area contributed by atoms with Crippen LogP contribution in [0.1, 0.15) is 18.8 Å². The highest BCUT2D eigenvalue weighted by molar-refractivity contribution is 6.33. The smallest absolute Gasteiger partial charge is 0.180 e. The molecule has 0 aliphatic heterocycles. The van der Waals surface area contributed by atoms with Gasteiger partial charge in [-0.15, -0.1) is 10.2 Å². The van der Waals surface area contributed by atoms with Gasteiger partial charge in [0, 0.05) is 38.5 Å². The number of hydrogen-bond donors (Lipinski definition) is 2. The van der Waals surface area contributed by atoms with Crippen LogP contribution in [0.15, 0.2) is 24.8 Å². The van der Waals surface area contributed by atoms with Gasteiger partial charge in [0.05, 0.1) is 37.3 Å². The second kappa shape index (κ2) is 8.66. The Balaban J connectivity index is 1.90. The number of imidazole rings is 1. The van der Waals surface area contributed by atoms with Crippen molar-refractivity contribution >= 4 is 22.5 Å². The van der Waals surface area contributed by atoms with E-state index < -0.39 is 5.82 Å². The van der Waals surface area contributed by atoms with Crippen LogP contribution in [0, 0.1) is 5.82 Å². The Hall–Kier alpha value is -2.95.